The second-order valence-electron chi connectivity index (χ2n) is 7.72. The fourth-order valence-corrected chi connectivity index (χ4v) is 3.24. The number of rotatable bonds is 12. The zero-order valence-electron chi connectivity index (χ0n) is 19.2. The number of nitrogens with one attached hydrogen (secondary N) is 2. The van der Waals surface area contributed by atoms with Crippen molar-refractivity contribution < 1.29 is 14.4 Å². The maximum Gasteiger partial charge on any atom is 0.251 e. The normalized spacial score (nSPS) is 12.0. The molecule has 2 rings (SSSR count). The lowest BCUT2D eigenvalue weighted by molar-refractivity contribution is -0.128. The van der Waals surface area contributed by atoms with Crippen molar-refractivity contribution >= 4 is 35.3 Å². The molecule has 2 atom stereocenters. The molecule has 12 heteroatoms. The van der Waals surface area contributed by atoms with Gasteiger partial charge in [-0.2, -0.15) is 0 Å². The summed E-state index contributed by atoms with van der Waals surface area (Å²) < 4.78 is 0. The number of benzene rings is 2. The van der Waals surface area contributed by atoms with Crippen LogP contribution in [-0.2, 0) is 16.0 Å². The van der Waals surface area contributed by atoms with Gasteiger partial charge in [-0.05, 0) is 42.7 Å². The van der Waals surface area contributed by atoms with Gasteiger partial charge < -0.3 is 39.3 Å². The van der Waals surface area contributed by atoms with Crippen LogP contribution in [-0.4, -0.2) is 48.3 Å². The summed E-state index contributed by atoms with van der Waals surface area (Å²) in [7, 11) is 0. The van der Waals surface area contributed by atoms with Gasteiger partial charge in [-0.25, -0.2) is 4.99 Å². The molecule has 12 N–H and O–H groups in total. The van der Waals surface area contributed by atoms with Crippen LogP contribution in [0.4, 0.5) is 5.69 Å². The quantitative estimate of drug-likeness (QED) is 0.113. The van der Waals surface area contributed by atoms with Crippen molar-refractivity contribution in [2.75, 3.05) is 6.54 Å². The van der Waals surface area contributed by atoms with Crippen LogP contribution in [0.15, 0.2) is 64.6 Å². The average Bonchev–Trinajstić information content (AvgIpc) is 2.80. The molecule has 0 heterocycles. The van der Waals surface area contributed by atoms with E-state index in [4.69, 9.17) is 28.7 Å². The van der Waals surface area contributed by atoms with Crippen LogP contribution in [0.5, 0.6) is 0 Å². The van der Waals surface area contributed by atoms with Gasteiger partial charge in [0.05, 0.1) is 5.69 Å². The molecule has 0 bridgehead atoms. The highest BCUT2D eigenvalue weighted by molar-refractivity contribution is 5.98. The van der Waals surface area contributed by atoms with Crippen molar-refractivity contribution in [3.8, 4) is 0 Å². The van der Waals surface area contributed by atoms with E-state index in [1.54, 1.807) is 54.6 Å². The largest absolute Gasteiger partial charge is 0.370 e. The number of carbonyl (C=O) groups excluding carboxylic acids is 3. The van der Waals surface area contributed by atoms with Crippen molar-refractivity contribution in [3.05, 3.63) is 65.7 Å². The van der Waals surface area contributed by atoms with Crippen molar-refractivity contribution in [2.24, 2.45) is 38.7 Å². The molecule has 0 saturated heterocycles. The van der Waals surface area contributed by atoms with Crippen LogP contribution in [0.2, 0.25) is 0 Å². The third-order valence-electron chi connectivity index (χ3n) is 4.87. The van der Waals surface area contributed by atoms with Crippen molar-refractivity contribution in [1.82, 2.24) is 10.6 Å². The Hall–Kier alpha value is -4.61. The van der Waals surface area contributed by atoms with Gasteiger partial charge in [-0.1, -0.05) is 30.3 Å². The smallest absolute Gasteiger partial charge is 0.251 e. The first kappa shape index (κ1) is 26.6. The summed E-state index contributed by atoms with van der Waals surface area (Å²) in [5, 5.41) is 5.35. The third kappa shape index (κ3) is 9.42. The van der Waals surface area contributed by atoms with E-state index in [0.29, 0.717) is 23.2 Å². The standard InChI is InChI=1S/C23H31N9O3/c24-19(33)17(10-5-11-29-22(25)26)31-21(35)18(32-20(34)15-7-2-1-3-8-15)13-14-6-4-9-16(12-14)30-23(27)28/h1-4,6-9,12,17-18H,5,10-11,13H2,(H2,24,33)(H,31,35)(H,32,34)(H4,25,26,29)(H4,27,28,30)/t17-,18-/m0/s1. The van der Waals surface area contributed by atoms with Crippen molar-refractivity contribution in [2.45, 2.75) is 31.3 Å². The number of amides is 3. The zero-order valence-corrected chi connectivity index (χ0v) is 19.2. The molecule has 0 radical (unpaired) electrons. The van der Waals surface area contributed by atoms with Gasteiger partial charge in [0.2, 0.25) is 11.8 Å². The summed E-state index contributed by atoms with van der Waals surface area (Å²) in [6.07, 6.45) is 0.738. The second kappa shape index (κ2) is 13.2. The molecule has 0 saturated carbocycles. The molecule has 186 valence electrons. The minimum Gasteiger partial charge on any atom is -0.370 e. The Morgan fingerprint density at radius 2 is 1.54 bits per heavy atom. The molecule has 0 unspecified atom stereocenters. The minimum atomic E-state index is -1.02. The predicted molar refractivity (Wildman–Crippen MR) is 134 cm³/mol. The monoisotopic (exact) mass is 481 g/mol. The highest BCUT2D eigenvalue weighted by atomic mass is 16.2. The zero-order chi connectivity index (χ0) is 25.8. The number of hydrogen-bond donors (Lipinski definition) is 7. The summed E-state index contributed by atoms with van der Waals surface area (Å²) in [6.45, 7) is 0.272. The molecule has 12 nitrogen and oxygen atoms in total. The van der Waals surface area contributed by atoms with Crippen molar-refractivity contribution in [3.63, 3.8) is 0 Å². The number of aliphatic imine (C=N–C) groups is 2. The first-order valence-electron chi connectivity index (χ1n) is 10.8. The van der Waals surface area contributed by atoms with E-state index in [0.717, 1.165) is 0 Å². The first-order valence-corrected chi connectivity index (χ1v) is 10.8. The van der Waals surface area contributed by atoms with E-state index in [-0.39, 0.29) is 31.3 Å². The second-order valence-corrected chi connectivity index (χ2v) is 7.72. The van der Waals surface area contributed by atoms with Gasteiger partial charge in [-0.15, -0.1) is 0 Å². The molecule has 0 aliphatic carbocycles. The average molecular weight is 482 g/mol. The summed E-state index contributed by atoms with van der Waals surface area (Å²) in [5.74, 6) is -1.93. The van der Waals surface area contributed by atoms with E-state index >= 15 is 0 Å². The lowest BCUT2D eigenvalue weighted by Crippen LogP contribution is -2.53. The highest BCUT2D eigenvalue weighted by Crippen LogP contribution is 2.16. The van der Waals surface area contributed by atoms with Crippen LogP contribution in [0.25, 0.3) is 0 Å². The summed E-state index contributed by atoms with van der Waals surface area (Å²) >= 11 is 0. The van der Waals surface area contributed by atoms with E-state index < -0.39 is 29.8 Å². The SMILES string of the molecule is NC(=O)[C@H](CCCN=C(N)N)NC(=O)[C@H](Cc1cccc(N=C(N)N)c1)NC(=O)c1ccccc1. The number of carbonyl (C=O) groups is 3. The Bertz CT molecular complexity index is 1080. The number of primary amides is 1. The van der Waals surface area contributed by atoms with E-state index in [2.05, 4.69) is 20.6 Å². The van der Waals surface area contributed by atoms with Crippen LogP contribution >= 0.6 is 0 Å². The fourth-order valence-electron chi connectivity index (χ4n) is 3.24. The molecule has 0 aromatic heterocycles. The lowest BCUT2D eigenvalue weighted by Gasteiger charge is -2.22. The number of guanidine groups is 2. The van der Waals surface area contributed by atoms with Gasteiger partial charge in [0.1, 0.15) is 12.1 Å². The van der Waals surface area contributed by atoms with Gasteiger partial charge in [0.15, 0.2) is 11.9 Å². The van der Waals surface area contributed by atoms with Gasteiger partial charge >= 0.3 is 0 Å². The van der Waals surface area contributed by atoms with Gasteiger partial charge in [0.25, 0.3) is 5.91 Å². The maximum atomic E-state index is 13.2. The topological polar surface area (TPSA) is 230 Å². The van der Waals surface area contributed by atoms with E-state index in [9.17, 15) is 14.4 Å². The summed E-state index contributed by atoms with van der Waals surface area (Å²) in [4.78, 5) is 45.7. The molecule has 2 aromatic rings. The van der Waals surface area contributed by atoms with E-state index in [1.165, 1.54) is 0 Å². The van der Waals surface area contributed by atoms with Gasteiger partial charge in [0, 0.05) is 18.5 Å². The molecule has 0 fully saturated rings. The Morgan fingerprint density at radius 3 is 2.17 bits per heavy atom. The minimum absolute atomic E-state index is 0.0729. The van der Waals surface area contributed by atoms with Crippen LogP contribution in [0.3, 0.4) is 0 Å². The molecular weight excluding hydrogens is 450 g/mol. The summed E-state index contributed by atoms with van der Waals surface area (Å²) in [6, 6.07) is 13.3. The lowest BCUT2D eigenvalue weighted by atomic mass is 10.0. The number of nitrogens with two attached hydrogens (primary N) is 5. The molecule has 0 aliphatic rings. The fraction of sp³-hybridized carbons (Fsp3) is 0.261. The maximum absolute atomic E-state index is 13.2. The molecular formula is C23H31N9O3. The molecule has 2 aromatic carbocycles. The van der Waals surface area contributed by atoms with Gasteiger partial charge in [-0.3, -0.25) is 19.4 Å². The van der Waals surface area contributed by atoms with Crippen molar-refractivity contribution in [1.29, 1.82) is 0 Å². The predicted octanol–water partition coefficient (Wildman–Crippen LogP) is -1.04. The van der Waals surface area contributed by atoms with Crippen LogP contribution in [0, 0.1) is 0 Å². The molecule has 0 spiro atoms. The third-order valence-corrected chi connectivity index (χ3v) is 4.87. The van der Waals surface area contributed by atoms with Crippen LogP contribution < -0.4 is 39.3 Å². The molecule has 35 heavy (non-hydrogen) atoms. The Morgan fingerprint density at radius 1 is 0.829 bits per heavy atom. The Balaban J connectivity index is 2.22. The highest BCUT2D eigenvalue weighted by Gasteiger charge is 2.26. The number of hydrogen-bond acceptors (Lipinski definition) is 5. The summed E-state index contributed by atoms with van der Waals surface area (Å²) in [5.41, 5.74) is 28.5. The molecule has 3 amide bonds. The van der Waals surface area contributed by atoms with E-state index in [1.807, 2.05) is 0 Å². The van der Waals surface area contributed by atoms with Crippen LogP contribution in [0.1, 0.15) is 28.8 Å². The Labute approximate surface area is 203 Å². The Kier molecular flexibility index (Phi) is 10.0. The first-order chi connectivity index (χ1) is 16.7. The number of nitrogens with zero attached hydrogens (tertiary/aromatic N) is 2. The molecule has 0 aliphatic heterocycles.